The van der Waals surface area contributed by atoms with Crippen molar-refractivity contribution < 1.29 is 18.5 Å². The van der Waals surface area contributed by atoms with Crippen LogP contribution in [0.1, 0.15) is 16.2 Å². The standard InChI is InChI=1S/C12H10F2N4O3/c13-8-6-10(18(20)21)9(14)5-7(8)12(19)17-2-1-11-15-3-4-16-11/h3-6H,1-2H2,(H,15,16)(H,17,19). The fraction of sp³-hybridized carbons (Fsp3) is 0.167. The van der Waals surface area contributed by atoms with Gasteiger partial charge in [-0.25, -0.2) is 9.37 Å². The van der Waals surface area contributed by atoms with Gasteiger partial charge < -0.3 is 10.3 Å². The largest absolute Gasteiger partial charge is 0.351 e. The zero-order valence-electron chi connectivity index (χ0n) is 10.6. The van der Waals surface area contributed by atoms with Crippen molar-refractivity contribution in [1.29, 1.82) is 0 Å². The molecule has 2 rings (SSSR count). The molecule has 9 heteroatoms. The lowest BCUT2D eigenvalue weighted by atomic mass is 10.1. The number of halogens is 2. The molecule has 0 fully saturated rings. The maximum Gasteiger partial charge on any atom is 0.307 e. The van der Waals surface area contributed by atoms with Crippen molar-refractivity contribution in [2.24, 2.45) is 0 Å². The summed E-state index contributed by atoms with van der Waals surface area (Å²) in [7, 11) is 0. The maximum absolute atomic E-state index is 13.6. The highest BCUT2D eigenvalue weighted by Crippen LogP contribution is 2.21. The van der Waals surface area contributed by atoms with E-state index in [0.717, 1.165) is 0 Å². The van der Waals surface area contributed by atoms with Crippen LogP contribution in [0, 0.1) is 21.7 Å². The molecule has 0 atom stereocenters. The minimum absolute atomic E-state index is 0.157. The first-order valence-corrected chi connectivity index (χ1v) is 5.89. The van der Waals surface area contributed by atoms with Gasteiger partial charge in [-0.2, -0.15) is 4.39 Å². The number of benzene rings is 1. The average molecular weight is 296 g/mol. The zero-order valence-corrected chi connectivity index (χ0v) is 10.6. The van der Waals surface area contributed by atoms with Crippen LogP contribution in [0.2, 0.25) is 0 Å². The highest BCUT2D eigenvalue weighted by molar-refractivity contribution is 5.94. The van der Waals surface area contributed by atoms with Gasteiger partial charge in [0.1, 0.15) is 11.6 Å². The number of H-pyrrole nitrogens is 1. The lowest BCUT2D eigenvalue weighted by Crippen LogP contribution is -2.27. The van der Waals surface area contributed by atoms with Gasteiger partial charge in [-0.05, 0) is 6.07 Å². The number of nitro benzene ring substituents is 1. The van der Waals surface area contributed by atoms with Gasteiger partial charge in [0.2, 0.25) is 5.82 Å². The molecule has 0 bridgehead atoms. The van der Waals surface area contributed by atoms with Gasteiger partial charge in [-0.3, -0.25) is 14.9 Å². The molecule has 1 aromatic heterocycles. The summed E-state index contributed by atoms with van der Waals surface area (Å²) in [5.41, 5.74) is -1.60. The van der Waals surface area contributed by atoms with Crippen LogP contribution in [0.5, 0.6) is 0 Å². The zero-order chi connectivity index (χ0) is 15.4. The molecule has 0 radical (unpaired) electrons. The van der Waals surface area contributed by atoms with Gasteiger partial charge in [0, 0.05) is 25.4 Å². The molecule has 2 N–H and O–H groups in total. The Balaban J connectivity index is 2.05. The van der Waals surface area contributed by atoms with Crippen molar-refractivity contribution in [3.63, 3.8) is 0 Å². The van der Waals surface area contributed by atoms with Crippen LogP contribution in [-0.4, -0.2) is 27.3 Å². The van der Waals surface area contributed by atoms with E-state index in [2.05, 4.69) is 15.3 Å². The number of nitro groups is 1. The van der Waals surface area contributed by atoms with Crippen LogP contribution in [0.25, 0.3) is 0 Å². The van der Waals surface area contributed by atoms with Gasteiger partial charge >= 0.3 is 5.69 Å². The molecule has 7 nitrogen and oxygen atoms in total. The minimum atomic E-state index is -1.27. The fourth-order valence-corrected chi connectivity index (χ4v) is 1.67. The Morgan fingerprint density at radius 3 is 2.76 bits per heavy atom. The van der Waals surface area contributed by atoms with Crippen molar-refractivity contribution in [3.05, 3.63) is 57.7 Å². The molecule has 21 heavy (non-hydrogen) atoms. The quantitative estimate of drug-likeness (QED) is 0.646. The summed E-state index contributed by atoms with van der Waals surface area (Å²) in [5.74, 6) is -2.64. The Morgan fingerprint density at radius 2 is 2.14 bits per heavy atom. The predicted octanol–water partition coefficient (Wildman–Crippen LogP) is 1.57. The van der Waals surface area contributed by atoms with Crippen LogP contribution < -0.4 is 5.32 Å². The molecule has 1 heterocycles. The summed E-state index contributed by atoms with van der Waals surface area (Å²) in [4.78, 5) is 27.8. The second-order valence-corrected chi connectivity index (χ2v) is 4.08. The second kappa shape index (κ2) is 6.07. The molecule has 0 saturated carbocycles. The first-order chi connectivity index (χ1) is 9.99. The number of aromatic nitrogens is 2. The molecular weight excluding hydrogens is 286 g/mol. The van der Waals surface area contributed by atoms with E-state index < -0.39 is 33.7 Å². The first kappa shape index (κ1) is 14.6. The van der Waals surface area contributed by atoms with Gasteiger partial charge in [0.15, 0.2) is 0 Å². The Bertz CT molecular complexity index is 673. The van der Waals surface area contributed by atoms with E-state index in [-0.39, 0.29) is 6.54 Å². The third kappa shape index (κ3) is 3.38. The van der Waals surface area contributed by atoms with Crippen LogP contribution in [0.4, 0.5) is 14.5 Å². The van der Waals surface area contributed by atoms with E-state index in [9.17, 15) is 23.7 Å². The average Bonchev–Trinajstić information content (AvgIpc) is 2.93. The van der Waals surface area contributed by atoms with E-state index in [1.165, 1.54) is 0 Å². The lowest BCUT2D eigenvalue weighted by Gasteiger charge is -2.05. The Morgan fingerprint density at radius 1 is 1.38 bits per heavy atom. The topological polar surface area (TPSA) is 101 Å². The van der Waals surface area contributed by atoms with Crippen LogP contribution >= 0.6 is 0 Å². The van der Waals surface area contributed by atoms with Crippen molar-refractivity contribution in [1.82, 2.24) is 15.3 Å². The second-order valence-electron chi connectivity index (χ2n) is 4.08. The van der Waals surface area contributed by atoms with Crippen molar-refractivity contribution in [2.45, 2.75) is 6.42 Å². The Labute approximate surface area is 117 Å². The predicted molar refractivity (Wildman–Crippen MR) is 67.6 cm³/mol. The Kier molecular flexibility index (Phi) is 4.21. The van der Waals surface area contributed by atoms with E-state index >= 15 is 0 Å². The number of amides is 1. The van der Waals surface area contributed by atoms with Crippen LogP contribution in [0.3, 0.4) is 0 Å². The summed E-state index contributed by atoms with van der Waals surface area (Å²) in [6, 6.07) is 0.895. The number of carbonyl (C=O) groups excluding carboxylic acids is 1. The number of nitrogens with one attached hydrogen (secondary N) is 2. The van der Waals surface area contributed by atoms with E-state index in [0.29, 0.717) is 24.4 Å². The highest BCUT2D eigenvalue weighted by Gasteiger charge is 2.21. The van der Waals surface area contributed by atoms with Crippen LogP contribution in [0.15, 0.2) is 24.5 Å². The molecule has 1 amide bonds. The molecule has 0 unspecified atom stereocenters. The molecule has 0 aliphatic carbocycles. The third-order valence-corrected chi connectivity index (χ3v) is 2.68. The minimum Gasteiger partial charge on any atom is -0.351 e. The maximum atomic E-state index is 13.6. The van der Waals surface area contributed by atoms with Gasteiger partial charge in [-0.1, -0.05) is 0 Å². The molecule has 1 aromatic carbocycles. The fourth-order valence-electron chi connectivity index (χ4n) is 1.67. The summed E-state index contributed by atoms with van der Waals surface area (Å²) < 4.78 is 27.0. The SMILES string of the molecule is O=C(NCCc1ncc[nH]1)c1cc(F)c([N+](=O)[O-])cc1F. The number of hydrogen-bond acceptors (Lipinski definition) is 4. The Hall–Kier alpha value is -2.84. The molecule has 0 aliphatic rings. The van der Waals surface area contributed by atoms with Gasteiger partial charge in [0.05, 0.1) is 16.6 Å². The summed E-state index contributed by atoms with van der Waals surface area (Å²) in [6.07, 6.45) is 3.54. The molecule has 0 saturated heterocycles. The summed E-state index contributed by atoms with van der Waals surface area (Å²) in [6.45, 7) is 0.157. The normalized spacial score (nSPS) is 10.4. The van der Waals surface area contributed by atoms with Crippen molar-refractivity contribution in [3.8, 4) is 0 Å². The van der Waals surface area contributed by atoms with Crippen molar-refractivity contribution in [2.75, 3.05) is 6.54 Å². The van der Waals surface area contributed by atoms with E-state index in [1.54, 1.807) is 12.4 Å². The number of imidazole rings is 1. The highest BCUT2D eigenvalue weighted by atomic mass is 19.1. The number of carbonyl (C=O) groups is 1. The first-order valence-electron chi connectivity index (χ1n) is 5.89. The lowest BCUT2D eigenvalue weighted by molar-refractivity contribution is -0.387. The van der Waals surface area contributed by atoms with Gasteiger partial charge in [0.25, 0.3) is 5.91 Å². The van der Waals surface area contributed by atoms with Crippen molar-refractivity contribution >= 4 is 11.6 Å². The molecule has 0 spiro atoms. The number of aromatic amines is 1. The number of rotatable bonds is 5. The van der Waals surface area contributed by atoms with Crippen LogP contribution in [-0.2, 0) is 6.42 Å². The molecule has 0 aliphatic heterocycles. The molecule has 110 valence electrons. The number of nitrogens with zero attached hydrogens (tertiary/aromatic N) is 2. The molecular formula is C12H10F2N4O3. The van der Waals surface area contributed by atoms with E-state index in [4.69, 9.17) is 0 Å². The van der Waals surface area contributed by atoms with Gasteiger partial charge in [-0.15, -0.1) is 0 Å². The molecule has 2 aromatic rings. The summed E-state index contributed by atoms with van der Waals surface area (Å²) >= 11 is 0. The summed E-state index contributed by atoms with van der Waals surface area (Å²) in [5, 5.41) is 12.8. The number of hydrogen-bond donors (Lipinski definition) is 2. The third-order valence-electron chi connectivity index (χ3n) is 2.68. The smallest absolute Gasteiger partial charge is 0.307 e. The monoisotopic (exact) mass is 296 g/mol. The van der Waals surface area contributed by atoms with E-state index in [1.807, 2.05) is 0 Å².